The third-order valence-electron chi connectivity index (χ3n) is 0. The number of rotatable bonds is 0. The molecule has 0 aromatic rings. The molecule has 0 aromatic heterocycles. The van der Waals surface area contributed by atoms with E-state index in [9.17, 15) is 0 Å². The quantitative estimate of drug-likeness (QED) is 0.389. The Morgan fingerprint density at radius 3 is 0.533 bits per heavy atom. The van der Waals surface area contributed by atoms with Crippen LogP contribution in [0.2, 0.25) is 0 Å². The predicted octanol–water partition coefficient (Wildman–Crippen LogP) is -8.11. The van der Waals surface area contributed by atoms with E-state index in [-0.39, 0.29) is 92.5 Å². The first-order valence-corrected chi connectivity index (χ1v) is 1.84. The van der Waals surface area contributed by atoms with Gasteiger partial charge in [-0.25, -0.2) is 0 Å². The minimum absolute atomic E-state index is 0. The van der Waals surface area contributed by atoms with Gasteiger partial charge in [0.15, 0.2) is 0 Å². The molecule has 81 valence electrons. The van der Waals surface area contributed by atoms with Gasteiger partial charge in [-0.2, -0.15) is 0 Å². The van der Waals surface area contributed by atoms with Crippen LogP contribution in [0.15, 0.2) is 0 Å². The summed E-state index contributed by atoms with van der Waals surface area (Å²) in [4.78, 5) is 25.0. The summed E-state index contributed by atoms with van der Waals surface area (Å²) in [6.07, 6.45) is -7.00. The van der Waals surface area contributed by atoms with Gasteiger partial charge in [0.1, 0.15) is 0 Å². The normalized spacial score (nSPS) is 4.80. The minimum atomic E-state index is -2.33. The summed E-state index contributed by atoms with van der Waals surface area (Å²) in [6.45, 7) is 0. The Labute approximate surface area is 154 Å². The fourth-order valence-electron chi connectivity index (χ4n) is 0. The van der Waals surface area contributed by atoms with Crippen molar-refractivity contribution in [1.29, 1.82) is 0 Å². The maximum atomic E-state index is 8.33. The second kappa shape index (κ2) is 29.4. The van der Waals surface area contributed by atoms with E-state index in [4.69, 9.17) is 45.0 Å². The van der Waals surface area contributed by atoms with Crippen LogP contribution in [0.3, 0.4) is 0 Å². The average molecular weight is 324 g/mol. The fraction of sp³-hybridized carbons (Fsp3) is 0. The number of carbonyl (C=O) groups excluding carboxylic acids is 3. The summed E-state index contributed by atoms with van der Waals surface area (Å²) in [7, 11) is 0. The number of hydrogen-bond donors (Lipinski definition) is 0. The SMILES string of the molecule is O=C([O-])[O-].O=C([O-])[O-].O=C([O-])[O-].[Ca+2].[Ca+2].[Cu+2]. The molecule has 0 spiro atoms. The van der Waals surface area contributed by atoms with Gasteiger partial charge >= 0.3 is 92.5 Å². The molecule has 0 fully saturated rings. The zero-order chi connectivity index (χ0) is 10.7. The maximum Gasteiger partial charge on any atom is 2.00 e. The molecular weight excluding hydrogens is 324 g/mol. The molecule has 0 saturated heterocycles. The van der Waals surface area contributed by atoms with Crippen LogP contribution in [0.1, 0.15) is 0 Å². The van der Waals surface area contributed by atoms with E-state index in [1.807, 2.05) is 0 Å². The van der Waals surface area contributed by atoms with E-state index in [1.54, 1.807) is 0 Å². The third kappa shape index (κ3) is 3400. The summed E-state index contributed by atoms with van der Waals surface area (Å²) in [5.41, 5.74) is 0. The van der Waals surface area contributed by atoms with E-state index >= 15 is 0 Å². The predicted molar refractivity (Wildman–Crippen MR) is 27.7 cm³/mol. The van der Waals surface area contributed by atoms with Gasteiger partial charge < -0.3 is 45.0 Å². The molecule has 0 aromatic carbocycles. The summed E-state index contributed by atoms with van der Waals surface area (Å²) in [5, 5.41) is 50.0. The Bertz CT molecular complexity index is 121. The minimum Gasteiger partial charge on any atom is -0.652 e. The molecule has 0 aliphatic heterocycles. The van der Waals surface area contributed by atoms with Gasteiger partial charge in [0.2, 0.25) is 0 Å². The molecule has 1 radical (unpaired) electrons. The van der Waals surface area contributed by atoms with E-state index in [0.29, 0.717) is 0 Å². The summed E-state index contributed by atoms with van der Waals surface area (Å²) < 4.78 is 0. The van der Waals surface area contributed by atoms with Crippen molar-refractivity contribution < 1.29 is 62.1 Å². The van der Waals surface area contributed by atoms with Crippen LogP contribution < -0.4 is 30.6 Å². The van der Waals surface area contributed by atoms with Crippen molar-refractivity contribution in [2.75, 3.05) is 0 Å². The molecule has 12 heteroatoms. The summed E-state index contributed by atoms with van der Waals surface area (Å²) in [6, 6.07) is 0. The molecule has 9 nitrogen and oxygen atoms in total. The molecule has 0 N–H and O–H groups in total. The second-order valence-corrected chi connectivity index (χ2v) is 0.750. The second-order valence-electron chi connectivity index (χ2n) is 0.750. The number of carbonyl (C=O) groups is 3. The number of hydrogen-bond acceptors (Lipinski definition) is 9. The van der Waals surface area contributed by atoms with Crippen molar-refractivity contribution in [2.45, 2.75) is 0 Å². The molecule has 15 heavy (non-hydrogen) atoms. The zero-order valence-electron chi connectivity index (χ0n) is 6.89. The van der Waals surface area contributed by atoms with Gasteiger partial charge in [0, 0.05) is 0 Å². The first-order valence-electron chi connectivity index (χ1n) is 1.84. The Balaban J connectivity index is -0.0000000184. The third-order valence-corrected chi connectivity index (χ3v) is 0. The molecule has 0 unspecified atom stereocenters. The largest absolute Gasteiger partial charge is 2.00 e. The fourth-order valence-corrected chi connectivity index (χ4v) is 0. The molecule has 0 aliphatic rings. The molecule has 0 bridgehead atoms. The summed E-state index contributed by atoms with van der Waals surface area (Å²) >= 11 is 0. The van der Waals surface area contributed by atoms with Gasteiger partial charge in [-0.05, 0) is 18.5 Å². The van der Waals surface area contributed by atoms with Gasteiger partial charge in [-0.1, -0.05) is 0 Å². The van der Waals surface area contributed by atoms with Gasteiger partial charge in [-0.15, -0.1) is 0 Å². The Hall–Kier alpha value is 0.849. The molecule has 0 heterocycles. The standard InChI is InChI=1S/3CH2O3.2Ca.Cu/c3*2-1(3)4;;;/h3*(H2,2,3,4);;;/q;;;3*+2/p-6. The molecule has 0 atom stereocenters. The van der Waals surface area contributed by atoms with Crippen molar-refractivity contribution in [3.05, 3.63) is 0 Å². The molecular formula is C3Ca2CuO9. The Kier molecular flexibility index (Phi) is 70.5. The van der Waals surface area contributed by atoms with Crippen LogP contribution in [-0.2, 0) is 17.1 Å². The molecule has 0 amide bonds. The van der Waals surface area contributed by atoms with Crippen molar-refractivity contribution in [3.63, 3.8) is 0 Å². The molecule has 0 aliphatic carbocycles. The van der Waals surface area contributed by atoms with Crippen LogP contribution in [0.4, 0.5) is 14.4 Å². The number of carboxylic acid groups (broad SMARTS) is 6. The van der Waals surface area contributed by atoms with Gasteiger partial charge in [0.25, 0.3) is 0 Å². The Morgan fingerprint density at radius 2 is 0.533 bits per heavy atom. The molecule has 0 saturated carbocycles. The maximum absolute atomic E-state index is 8.33. The summed E-state index contributed by atoms with van der Waals surface area (Å²) in [5.74, 6) is 0. The van der Waals surface area contributed by atoms with Crippen LogP contribution in [-0.4, -0.2) is 93.9 Å². The van der Waals surface area contributed by atoms with Crippen molar-refractivity contribution >= 4 is 93.9 Å². The average Bonchev–Trinajstić information content (AvgIpc) is 1.54. The van der Waals surface area contributed by atoms with E-state index in [0.717, 1.165) is 0 Å². The Morgan fingerprint density at radius 1 is 0.533 bits per heavy atom. The molecule has 0 rings (SSSR count). The van der Waals surface area contributed by atoms with E-state index in [2.05, 4.69) is 0 Å². The van der Waals surface area contributed by atoms with E-state index in [1.165, 1.54) is 0 Å². The van der Waals surface area contributed by atoms with Crippen molar-refractivity contribution in [1.82, 2.24) is 0 Å². The smallest absolute Gasteiger partial charge is 0.652 e. The van der Waals surface area contributed by atoms with Crippen LogP contribution in [0.25, 0.3) is 0 Å². The topological polar surface area (TPSA) is 190 Å². The van der Waals surface area contributed by atoms with Crippen LogP contribution in [0, 0.1) is 0 Å². The van der Waals surface area contributed by atoms with Crippen molar-refractivity contribution in [3.8, 4) is 0 Å². The van der Waals surface area contributed by atoms with Gasteiger partial charge in [-0.3, -0.25) is 0 Å². The zero-order valence-corrected chi connectivity index (χ0v) is 12.2. The first kappa shape index (κ1) is 36.0. The van der Waals surface area contributed by atoms with Crippen molar-refractivity contribution in [2.24, 2.45) is 0 Å². The van der Waals surface area contributed by atoms with Gasteiger partial charge in [0.05, 0.1) is 0 Å². The van der Waals surface area contributed by atoms with E-state index < -0.39 is 18.5 Å². The first-order chi connectivity index (χ1) is 5.20. The van der Waals surface area contributed by atoms with Crippen LogP contribution >= 0.6 is 0 Å². The monoisotopic (exact) mass is 323 g/mol. The van der Waals surface area contributed by atoms with Crippen LogP contribution in [0.5, 0.6) is 0 Å².